The molecule has 2 aromatic rings. The first-order chi connectivity index (χ1) is 14.2. The van der Waals surface area contributed by atoms with Crippen molar-refractivity contribution in [3.63, 3.8) is 0 Å². The maximum atomic E-state index is 5.56. The van der Waals surface area contributed by atoms with Gasteiger partial charge in [0.1, 0.15) is 25.4 Å². The van der Waals surface area contributed by atoms with Gasteiger partial charge >= 0.3 is 0 Å². The van der Waals surface area contributed by atoms with E-state index in [1.165, 1.54) is 16.0 Å². The van der Waals surface area contributed by atoms with E-state index in [4.69, 9.17) is 21.7 Å². The number of thiocarbonyl (C=S) groups is 1. The summed E-state index contributed by atoms with van der Waals surface area (Å²) < 4.78 is 11.0. The van der Waals surface area contributed by atoms with Gasteiger partial charge in [-0.15, -0.1) is 0 Å². The van der Waals surface area contributed by atoms with Gasteiger partial charge in [-0.3, -0.25) is 5.43 Å². The normalized spacial score (nSPS) is 15.0. The molecule has 0 spiro atoms. The lowest BCUT2D eigenvalue weighted by Gasteiger charge is -2.24. The van der Waals surface area contributed by atoms with Gasteiger partial charge in [0.05, 0.1) is 26.0 Å². The first-order valence-corrected chi connectivity index (χ1v) is 10.3. The first kappa shape index (κ1) is 21.2. The molecule has 1 fully saturated rings. The molecule has 6 nitrogen and oxygen atoms in total. The van der Waals surface area contributed by atoms with E-state index in [9.17, 15) is 0 Å². The number of methoxy groups -OCH3 is 1. The van der Waals surface area contributed by atoms with E-state index >= 15 is 0 Å². The summed E-state index contributed by atoms with van der Waals surface area (Å²) in [6, 6.07) is 16.3. The number of morpholine rings is 1. The van der Waals surface area contributed by atoms with Crippen LogP contribution in [-0.2, 0) is 17.8 Å². The monoisotopic (exact) mass is 413 g/mol. The number of nitrogens with zero attached hydrogens (tertiary/aromatic N) is 1. The summed E-state index contributed by atoms with van der Waals surface area (Å²) in [5.41, 5.74) is 7.20. The van der Waals surface area contributed by atoms with Crippen LogP contribution in [0.3, 0.4) is 0 Å². The molecule has 3 N–H and O–H groups in total. The molecule has 154 valence electrons. The molecule has 0 unspecified atom stereocenters. The number of rotatable bonds is 7. The van der Waals surface area contributed by atoms with Crippen molar-refractivity contribution >= 4 is 23.0 Å². The Morgan fingerprint density at radius 2 is 1.93 bits per heavy atom. The molecule has 1 saturated heterocycles. The maximum Gasteiger partial charge on any atom is 0.187 e. The van der Waals surface area contributed by atoms with Crippen LogP contribution in [0.5, 0.6) is 5.75 Å². The van der Waals surface area contributed by atoms with Crippen LogP contribution in [0.1, 0.15) is 23.6 Å². The van der Waals surface area contributed by atoms with E-state index in [2.05, 4.69) is 34.0 Å². The average Bonchev–Trinajstić information content (AvgIpc) is 2.77. The summed E-state index contributed by atoms with van der Waals surface area (Å²) in [4.78, 5) is 1.51. The van der Waals surface area contributed by atoms with Crippen molar-refractivity contribution in [1.29, 1.82) is 0 Å². The smallest absolute Gasteiger partial charge is 0.187 e. The summed E-state index contributed by atoms with van der Waals surface area (Å²) in [7, 11) is 1.71. The van der Waals surface area contributed by atoms with E-state index in [0.717, 1.165) is 49.9 Å². The molecule has 1 aliphatic rings. The summed E-state index contributed by atoms with van der Waals surface area (Å²) in [5.74, 6) is 0.911. The third-order valence-electron chi connectivity index (χ3n) is 4.96. The van der Waals surface area contributed by atoms with Crippen LogP contribution in [0.15, 0.2) is 53.6 Å². The van der Waals surface area contributed by atoms with E-state index in [1.54, 1.807) is 7.11 Å². The average molecular weight is 414 g/mol. The SMILES string of the molecule is COc1ccc(/C(C)=N\NC(=S)NCc2ccccc2)cc1C[NH+]1CCOCC1. The van der Waals surface area contributed by atoms with Crippen LogP contribution in [-0.4, -0.2) is 44.2 Å². The number of hydrogen-bond acceptors (Lipinski definition) is 4. The molecular formula is C22H29N4O2S+. The van der Waals surface area contributed by atoms with Crippen molar-refractivity contribution in [3.05, 3.63) is 65.2 Å². The molecule has 3 rings (SSSR count). The fourth-order valence-electron chi connectivity index (χ4n) is 3.26. The highest BCUT2D eigenvalue weighted by Gasteiger charge is 2.17. The zero-order valence-electron chi connectivity index (χ0n) is 17.0. The minimum atomic E-state index is 0.500. The van der Waals surface area contributed by atoms with Gasteiger partial charge in [0.2, 0.25) is 0 Å². The Labute approximate surface area is 177 Å². The summed E-state index contributed by atoms with van der Waals surface area (Å²) in [5, 5.41) is 8.11. The molecule has 1 aliphatic heterocycles. The zero-order chi connectivity index (χ0) is 20.5. The lowest BCUT2D eigenvalue weighted by Crippen LogP contribution is -3.12. The van der Waals surface area contributed by atoms with Gasteiger partial charge in [-0.25, -0.2) is 0 Å². The van der Waals surface area contributed by atoms with Crippen molar-refractivity contribution in [2.24, 2.45) is 5.10 Å². The van der Waals surface area contributed by atoms with E-state index < -0.39 is 0 Å². The van der Waals surface area contributed by atoms with E-state index in [1.807, 2.05) is 37.3 Å². The Balaban J connectivity index is 1.60. The molecule has 7 heteroatoms. The van der Waals surface area contributed by atoms with Crippen LogP contribution >= 0.6 is 12.2 Å². The molecule has 1 heterocycles. The molecule has 0 aromatic heterocycles. The van der Waals surface area contributed by atoms with Crippen LogP contribution in [0.2, 0.25) is 0 Å². The third-order valence-corrected chi connectivity index (χ3v) is 5.20. The van der Waals surface area contributed by atoms with Gasteiger partial charge in [-0.05, 0) is 48.5 Å². The van der Waals surface area contributed by atoms with Gasteiger partial charge < -0.3 is 19.7 Å². The Morgan fingerprint density at radius 3 is 2.66 bits per heavy atom. The third kappa shape index (κ3) is 6.52. The van der Waals surface area contributed by atoms with Crippen LogP contribution in [0.4, 0.5) is 0 Å². The van der Waals surface area contributed by atoms with E-state index in [0.29, 0.717) is 11.7 Å². The lowest BCUT2D eigenvalue weighted by atomic mass is 10.1. The van der Waals surface area contributed by atoms with Crippen molar-refractivity contribution in [1.82, 2.24) is 10.7 Å². The van der Waals surface area contributed by atoms with Gasteiger partial charge in [0.25, 0.3) is 0 Å². The second-order valence-electron chi connectivity index (χ2n) is 7.04. The zero-order valence-corrected chi connectivity index (χ0v) is 17.8. The highest BCUT2D eigenvalue weighted by atomic mass is 32.1. The summed E-state index contributed by atoms with van der Waals surface area (Å²) >= 11 is 5.33. The predicted octanol–water partition coefficient (Wildman–Crippen LogP) is 1.50. The first-order valence-electron chi connectivity index (χ1n) is 9.86. The van der Waals surface area contributed by atoms with Gasteiger partial charge in [-0.1, -0.05) is 30.3 Å². The molecule has 0 aliphatic carbocycles. The molecule has 0 amide bonds. The number of quaternary nitrogens is 1. The van der Waals surface area contributed by atoms with Crippen LogP contribution in [0, 0.1) is 0 Å². The van der Waals surface area contributed by atoms with Crippen molar-refractivity contribution in [3.8, 4) is 5.75 Å². The Hall–Kier alpha value is -2.48. The second kappa shape index (κ2) is 10.9. The minimum absolute atomic E-state index is 0.500. The van der Waals surface area contributed by atoms with Crippen molar-refractivity contribution < 1.29 is 14.4 Å². The molecule has 29 heavy (non-hydrogen) atoms. The molecule has 2 aromatic carbocycles. The minimum Gasteiger partial charge on any atom is -0.496 e. The topological polar surface area (TPSA) is 59.3 Å². The number of hydrogen-bond donors (Lipinski definition) is 3. The van der Waals surface area contributed by atoms with Crippen molar-refractivity contribution in [2.45, 2.75) is 20.0 Å². The van der Waals surface area contributed by atoms with Gasteiger partial charge in [0.15, 0.2) is 5.11 Å². The number of ether oxygens (including phenoxy) is 2. The highest BCUT2D eigenvalue weighted by Crippen LogP contribution is 2.19. The number of nitrogens with one attached hydrogen (secondary N) is 3. The molecule has 0 bridgehead atoms. The maximum absolute atomic E-state index is 5.56. The summed E-state index contributed by atoms with van der Waals surface area (Å²) in [6.07, 6.45) is 0. The fourth-order valence-corrected chi connectivity index (χ4v) is 3.38. The standard InChI is InChI=1S/C22H28N4O2S/c1-17(24-25-22(29)23-15-18-6-4-3-5-7-18)19-8-9-21(27-2)20(14-19)16-26-10-12-28-13-11-26/h3-9,14H,10-13,15-16H2,1-2H3,(H2,23,25,29)/p+1/b24-17-. The molecule has 0 atom stereocenters. The Kier molecular flexibility index (Phi) is 7.98. The van der Waals surface area contributed by atoms with Crippen molar-refractivity contribution in [2.75, 3.05) is 33.4 Å². The van der Waals surface area contributed by atoms with Crippen LogP contribution < -0.4 is 20.4 Å². The quantitative estimate of drug-likeness (QED) is 0.365. The lowest BCUT2D eigenvalue weighted by molar-refractivity contribution is -0.921. The second-order valence-corrected chi connectivity index (χ2v) is 7.45. The molecular weight excluding hydrogens is 384 g/mol. The van der Waals surface area contributed by atoms with Crippen LogP contribution in [0.25, 0.3) is 0 Å². The van der Waals surface area contributed by atoms with Gasteiger partial charge in [-0.2, -0.15) is 5.10 Å². The number of benzene rings is 2. The van der Waals surface area contributed by atoms with Gasteiger partial charge in [0, 0.05) is 12.1 Å². The fraction of sp³-hybridized carbons (Fsp3) is 0.364. The largest absolute Gasteiger partial charge is 0.496 e. The number of hydrazone groups is 1. The molecule has 0 radical (unpaired) electrons. The molecule has 0 saturated carbocycles. The predicted molar refractivity (Wildman–Crippen MR) is 119 cm³/mol. The Morgan fingerprint density at radius 1 is 1.17 bits per heavy atom. The Bertz CT molecular complexity index is 836. The van der Waals surface area contributed by atoms with E-state index in [-0.39, 0.29) is 0 Å². The highest BCUT2D eigenvalue weighted by molar-refractivity contribution is 7.80. The summed E-state index contributed by atoms with van der Waals surface area (Å²) in [6.45, 7) is 7.21.